The number of benzene rings is 1. The Morgan fingerprint density at radius 2 is 1.95 bits per heavy atom. The fourth-order valence-corrected chi connectivity index (χ4v) is 2.52. The summed E-state index contributed by atoms with van der Waals surface area (Å²) in [7, 11) is 0. The van der Waals surface area contributed by atoms with Gasteiger partial charge in [0.1, 0.15) is 0 Å². The lowest BCUT2D eigenvalue weighted by Gasteiger charge is -2.16. The van der Waals surface area contributed by atoms with Crippen molar-refractivity contribution in [2.45, 2.75) is 25.9 Å². The maximum atomic E-state index is 12.3. The average molecular weight is 277 g/mol. The number of carboxylic acids is 1. The van der Waals surface area contributed by atoms with Crippen LogP contribution in [0.3, 0.4) is 0 Å². The van der Waals surface area contributed by atoms with Gasteiger partial charge in [-0.1, -0.05) is 12.1 Å². The zero-order valence-corrected chi connectivity index (χ0v) is 11.3. The van der Waals surface area contributed by atoms with Crippen molar-refractivity contribution >= 4 is 11.9 Å². The maximum absolute atomic E-state index is 12.3. The fourth-order valence-electron chi connectivity index (χ4n) is 2.52. The molecular formula is C15H19NO4. The first-order valence-electron chi connectivity index (χ1n) is 6.81. The Hall–Kier alpha value is -1.88. The lowest BCUT2D eigenvalue weighted by molar-refractivity contribution is -0.137. The van der Waals surface area contributed by atoms with Gasteiger partial charge in [0.2, 0.25) is 0 Å². The quantitative estimate of drug-likeness (QED) is 0.855. The second-order valence-corrected chi connectivity index (χ2v) is 5.19. The summed E-state index contributed by atoms with van der Waals surface area (Å²) < 4.78 is 0. The van der Waals surface area contributed by atoms with E-state index in [-0.39, 0.29) is 24.9 Å². The molecule has 0 bridgehead atoms. The number of aliphatic hydroxyl groups excluding tert-OH is 1. The number of nitrogens with zero attached hydrogens (tertiary/aromatic N) is 1. The van der Waals surface area contributed by atoms with Crippen LogP contribution in [-0.2, 0) is 11.4 Å². The molecule has 2 rings (SSSR count). The van der Waals surface area contributed by atoms with Crippen molar-refractivity contribution < 1.29 is 19.8 Å². The third-order valence-electron chi connectivity index (χ3n) is 3.72. The number of carboxylic acid groups (broad SMARTS) is 1. The number of hydrogen-bond donors (Lipinski definition) is 2. The molecule has 0 radical (unpaired) electrons. The molecule has 5 heteroatoms. The molecule has 1 fully saturated rings. The highest BCUT2D eigenvalue weighted by molar-refractivity contribution is 5.94. The summed E-state index contributed by atoms with van der Waals surface area (Å²) in [6, 6.07) is 6.92. The highest BCUT2D eigenvalue weighted by Gasteiger charge is 2.27. The van der Waals surface area contributed by atoms with Crippen LogP contribution < -0.4 is 0 Å². The molecule has 1 aromatic rings. The van der Waals surface area contributed by atoms with Crippen LogP contribution in [0.2, 0.25) is 0 Å². The number of likely N-dealkylation sites (tertiary alicyclic amines) is 1. The summed E-state index contributed by atoms with van der Waals surface area (Å²) in [4.78, 5) is 24.6. The van der Waals surface area contributed by atoms with Crippen LogP contribution in [0.5, 0.6) is 0 Å². The number of aliphatic hydroxyl groups is 1. The van der Waals surface area contributed by atoms with Crippen LogP contribution in [0.4, 0.5) is 0 Å². The number of rotatable bonds is 5. The number of hydrogen-bond acceptors (Lipinski definition) is 3. The number of aliphatic carboxylic acids is 1. The Bertz CT molecular complexity index is 483. The van der Waals surface area contributed by atoms with E-state index in [9.17, 15) is 9.59 Å². The van der Waals surface area contributed by atoms with Gasteiger partial charge >= 0.3 is 5.97 Å². The summed E-state index contributed by atoms with van der Waals surface area (Å²) in [5.74, 6) is -0.520. The van der Waals surface area contributed by atoms with Gasteiger partial charge < -0.3 is 15.1 Å². The minimum atomic E-state index is -0.783. The van der Waals surface area contributed by atoms with E-state index >= 15 is 0 Å². The summed E-state index contributed by atoms with van der Waals surface area (Å²) in [5, 5.41) is 17.6. The van der Waals surface area contributed by atoms with E-state index in [4.69, 9.17) is 10.2 Å². The highest BCUT2D eigenvalue weighted by Crippen LogP contribution is 2.22. The Morgan fingerprint density at radius 1 is 1.25 bits per heavy atom. The number of carbonyl (C=O) groups is 2. The largest absolute Gasteiger partial charge is 0.481 e. The van der Waals surface area contributed by atoms with Gasteiger partial charge in [-0.3, -0.25) is 9.59 Å². The van der Waals surface area contributed by atoms with Crippen molar-refractivity contribution in [1.29, 1.82) is 0 Å². The Balaban J connectivity index is 1.91. The molecule has 0 aliphatic carbocycles. The molecule has 1 unspecified atom stereocenters. The lowest BCUT2D eigenvalue weighted by Crippen LogP contribution is -2.28. The first-order valence-corrected chi connectivity index (χ1v) is 6.81. The summed E-state index contributed by atoms with van der Waals surface area (Å²) in [6.45, 7) is 1.29. The fraction of sp³-hybridized carbons (Fsp3) is 0.467. The van der Waals surface area contributed by atoms with Crippen molar-refractivity contribution in [3.8, 4) is 0 Å². The standard InChI is InChI=1S/C15H19NO4/c17-10-12-1-4-13(5-2-12)15(20)16-8-7-11(9-16)3-6-14(18)19/h1-2,4-5,11,17H,3,6-10H2,(H,18,19). The molecule has 0 aromatic heterocycles. The van der Waals surface area contributed by atoms with Crippen molar-refractivity contribution in [2.24, 2.45) is 5.92 Å². The number of amides is 1. The second-order valence-electron chi connectivity index (χ2n) is 5.19. The molecule has 1 aliphatic heterocycles. The number of carbonyl (C=O) groups excluding carboxylic acids is 1. The highest BCUT2D eigenvalue weighted by atomic mass is 16.4. The summed E-state index contributed by atoms with van der Waals surface area (Å²) in [6.07, 6.45) is 1.66. The topological polar surface area (TPSA) is 77.8 Å². The molecule has 1 heterocycles. The molecular weight excluding hydrogens is 258 g/mol. The van der Waals surface area contributed by atoms with Crippen LogP contribution in [0.25, 0.3) is 0 Å². The van der Waals surface area contributed by atoms with E-state index in [0.717, 1.165) is 12.0 Å². The van der Waals surface area contributed by atoms with Crippen LogP contribution in [0, 0.1) is 5.92 Å². The third kappa shape index (κ3) is 3.57. The first-order chi connectivity index (χ1) is 9.60. The van der Waals surface area contributed by atoms with Gasteiger partial charge in [0.05, 0.1) is 6.61 Å². The molecule has 0 spiro atoms. The molecule has 5 nitrogen and oxygen atoms in total. The van der Waals surface area contributed by atoms with Crippen LogP contribution >= 0.6 is 0 Å². The van der Waals surface area contributed by atoms with Gasteiger partial charge in [0.25, 0.3) is 5.91 Å². The van der Waals surface area contributed by atoms with Gasteiger partial charge in [-0.2, -0.15) is 0 Å². The van der Waals surface area contributed by atoms with E-state index in [1.165, 1.54) is 0 Å². The molecule has 108 valence electrons. The Kier molecular flexibility index (Phi) is 4.74. The first kappa shape index (κ1) is 14.5. The molecule has 1 amide bonds. The monoisotopic (exact) mass is 277 g/mol. The van der Waals surface area contributed by atoms with Gasteiger partial charge in [-0.25, -0.2) is 0 Å². The second kappa shape index (κ2) is 6.52. The van der Waals surface area contributed by atoms with Gasteiger partial charge in [-0.15, -0.1) is 0 Å². The van der Waals surface area contributed by atoms with Crippen LogP contribution in [-0.4, -0.2) is 40.1 Å². The normalized spacial score (nSPS) is 18.2. The third-order valence-corrected chi connectivity index (χ3v) is 3.72. The zero-order valence-electron chi connectivity index (χ0n) is 11.3. The Morgan fingerprint density at radius 3 is 2.55 bits per heavy atom. The summed E-state index contributed by atoms with van der Waals surface area (Å²) in [5.41, 5.74) is 1.39. The predicted octanol–water partition coefficient (Wildman–Crippen LogP) is 1.51. The molecule has 1 atom stereocenters. The van der Waals surface area contributed by atoms with Crippen molar-refractivity contribution in [3.05, 3.63) is 35.4 Å². The SMILES string of the molecule is O=C(O)CCC1CCN(C(=O)c2ccc(CO)cc2)C1. The van der Waals surface area contributed by atoms with Gasteiger partial charge in [0.15, 0.2) is 0 Å². The lowest BCUT2D eigenvalue weighted by atomic mass is 10.0. The molecule has 1 saturated heterocycles. The van der Waals surface area contributed by atoms with Crippen molar-refractivity contribution in [2.75, 3.05) is 13.1 Å². The smallest absolute Gasteiger partial charge is 0.303 e. The maximum Gasteiger partial charge on any atom is 0.303 e. The van der Waals surface area contributed by atoms with E-state index < -0.39 is 5.97 Å². The van der Waals surface area contributed by atoms with E-state index in [2.05, 4.69) is 0 Å². The van der Waals surface area contributed by atoms with Crippen molar-refractivity contribution in [1.82, 2.24) is 4.90 Å². The van der Waals surface area contributed by atoms with Crippen LogP contribution in [0.15, 0.2) is 24.3 Å². The van der Waals surface area contributed by atoms with Crippen molar-refractivity contribution in [3.63, 3.8) is 0 Å². The van der Waals surface area contributed by atoms with Crippen LogP contribution in [0.1, 0.15) is 35.2 Å². The molecule has 2 N–H and O–H groups in total. The minimum Gasteiger partial charge on any atom is -0.481 e. The molecule has 1 aliphatic rings. The predicted molar refractivity (Wildman–Crippen MR) is 73.2 cm³/mol. The Labute approximate surface area is 117 Å². The summed E-state index contributed by atoms with van der Waals surface area (Å²) >= 11 is 0. The molecule has 1 aromatic carbocycles. The molecule has 20 heavy (non-hydrogen) atoms. The molecule has 0 saturated carbocycles. The minimum absolute atomic E-state index is 0.0210. The van der Waals surface area contributed by atoms with Gasteiger partial charge in [0, 0.05) is 25.1 Å². The van der Waals surface area contributed by atoms with E-state index in [1.54, 1.807) is 29.2 Å². The zero-order chi connectivity index (χ0) is 14.5. The van der Waals surface area contributed by atoms with E-state index in [1.807, 2.05) is 0 Å². The van der Waals surface area contributed by atoms with E-state index in [0.29, 0.717) is 25.1 Å². The van der Waals surface area contributed by atoms with Gasteiger partial charge in [-0.05, 0) is 36.5 Å². The average Bonchev–Trinajstić information content (AvgIpc) is 2.93.